The molecule has 0 spiro atoms. The summed E-state index contributed by atoms with van der Waals surface area (Å²) in [6.07, 6.45) is 6.41. The largest absolute Gasteiger partial charge is 0.382 e. The topological polar surface area (TPSA) is 241 Å². The molecule has 21 heteroatoms. The molecule has 0 bridgehead atoms. The van der Waals surface area contributed by atoms with Gasteiger partial charge in [-0.1, -0.05) is 48.5 Å². The van der Waals surface area contributed by atoms with Crippen molar-refractivity contribution in [1.82, 2.24) is 25.1 Å². The molecule has 6 N–H and O–H groups in total. The van der Waals surface area contributed by atoms with Crippen LogP contribution in [0.4, 0.5) is 23.0 Å². The number of benzene rings is 2. The minimum absolute atomic E-state index is 0.0528. The number of amides is 3. The average Bonchev–Trinajstić information content (AvgIpc) is 3.29. The molecule has 2 aliphatic rings. The van der Waals surface area contributed by atoms with Crippen LogP contribution in [0.15, 0.2) is 63.5 Å². The summed E-state index contributed by atoms with van der Waals surface area (Å²) in [6.45, 7) is 10.1. The number of hydrogen-bond donors (Lipinski definition) is 4. The van der Waals surface area contributed by atoms with E-state index >= 15 is 0 Å². The van der Waals surface area contributed by atoms with Crippen LogP contribution < -0.4 is 37.5 Å². The van der Waals surface area contributed by atoms with Crippen molar-refractivity contribution in [3.63, 3.8) is 0 Å². The van der Waals surface area contributed by atoms with Crippen LogP contribution in [0.5, 0.6) is 0 Å². The highest BCUT2D eigenvalue weighted by molar-refractivity contribution is 7.99. The number of carbonyl (C=O) groups excluding carboxylic acids is 3. The standard InChI is InChI=1S/C45H61ClN10O9S/c1-3-6-38(58)55(33-9-5-10-35(40(33)46)66-43-41(47)52-36(30-50-43)54-16-13-45(2,48)14-17-54)18-20-62-22-24-64-26-28-65-27-25-63-23-21-61-19-15-49-32-8-4-7-31-29-51-56(44(60)39(31)32)34-11-12-37(57)53-42(34)59/h4-5,7-10,29-30,34,49H,3,6,11-28,48H2,1-2H3,(H2,47,52)(H,53,57,59). The van der Waals surface area contributed by atoms with Crippen molar-refractivity contribution in [2.75, 3.05) is 113 Å². The van der Waals surface area contributed by atoms with Crippen LogP contribution in [0.2, 0.25) is 5.02 Å². The lowest BCUT2D eigenvalue weighted by Crippen LogP contribution is -2.48. The monoisotopic (exact) mass is 952 g/mol. The first-order chi connectivity index (χ1) is 32.0. The lowest BCUT2D eigenvalue weighted by molar-refractivity contribution is -0.136. The first kappa shape index (κ1) is 50.5. The Morgan fingerprint density at radius 1 is 0.939 bits per heavy atom. The summed E-state index contributed by atoms with van der Waals surface area (Å²) in [7, 11) is 0. The van der Waals surface area contributed by atoms with Crippen molar-refractivity contribution < 1.29 is 38.1 Å². The van der Waals surface area contributed by atoms with Gasteiger partial charge in [0.2, 0.25) is 11.8 Å². The Hall–Kier alpha value is -4.93. The molecular weight excluding hydrogens is 892 g/mol. The van der Waals surface area contributed by atoms with E-state index in [1.54, 1.807) is 29.4 Å². The maximum Gasteiger partial charge on any atom is 0.277 e. The van der Waals surface area contributed by atoms with E-state index in [9.17, 15) is 19.2 Å². The molecule has 0 aliphatic carbocycles. The Balaban J connectivity index is 0.811. The molecular formula is C45H61ClN10O9S. The SMILES string of the molecule is CCCC(=O)N(CCOCCOCCOCCOCCOCCNc1cccc2cnn(C3CCC(=O)NC3=O)c(=O)c12)c1cccc(Sc2ncc(N3CCC(C)(N)CC3)nc2N)c1Cl. The number of anilines is 4. The Labute approximate surface area is 393 Å². The van der Waals surface area contributed by atoms with Crippen molar-refractivity contribution in [2.45, 2.75) is 73.9 Å². The van der Waals surface area contributed by atoms with Gasteiger partial charge in [0.15, 0.2) is 5.82 Å². The molecule has 1 atom stereocenters. The lowest BCUT2D eigenvalue weighted by Gasteiger charge is -2.37. The van der Waals surface area contributed by atoms with Gasteiger partial charge in [-0.05, 0) is 50.8 Å². The number of rotatable bonds is 26. The van der Waals surface area contributed by atoms with Crippen molar-refractivity contribution in [3.05, 3.63) is 64.2 Å². The summed E-state index contributed by atoms with van der Waals surface area (Å²) in [5.74, 6) is 0.0850. The first-order valence-corrected chi connectivity index (χ1v) is 23.5. The van der Waals surface area contributed by atoms with E-state index in [1.807, 2.05) is 31.2 Å². The number of imide groups is 1. The highest BCUT2D eigenvalue weighted by Gasteiger charge is 2.31. The average molecular weight is 954 g/mol. The van der Waals surface area contributed by atoms with E-state index in [0.717, 1.165) is 36.4 Å². The van der Waals surface area contributed by atoms with E-state index in [4.69, 9.17) is 46.8 Å². The molecule has 1 unspecified atom stereocenters. The highest BCUT2D eigenvalue weighted by atomic mass is 35.5. The molecule has 2 saturated heterocycles. The van der Waals surface area contributed by atoms with Gasteiger partial charge < -0.3 is 50.3 Å². The highest BCUT2D eigenvalue weighted by Crippen LogP contribution is 2.40. The van der Waals surface area contributed by atoms with E-state index in [0.29, 0.717) is 135 Å². The molecule has 3 amide bonds. The third-order valence-electron chi connectivity index (χ3n) is 11.0. The number of fused-ring (bicyclic) bond motifs is 1. The molecule has 4 heterocycles. The van der Waals surface area contributed by atoms with Gasteiger partial charge in [0, 0.05) is 60.5 Å². The Kier molecular flexibility index (Phi) is 19.3. The van der Waals surface area contributed by atoms with Crippen LogP contribution in [-0.4, -0.2) is 135 Å². The number of ether oxygens (including phenoxy) is 5. The van der Waals surface area contributed by atoms with Crippen molar-refractivity contribution in [3.8, 4) is 0 Å². The van der Waals surface area contributed by atoms with Crippen LogP contribution in [0.1, 0.15) is 58.4 Å². The molecule has 66 heavy (non-hydrogen) atoms. The molecule has 2 aromatic carbocycles. The Morgan fingerprint density at radius 3 is 2.24 bits per heavy atom. The van der Waals surface area contributed by atoms with Crippen LogP contribution in [0.25, 0.3) is 10.8 Å². The van der Waals surface area contributed by atoms with Crippen molar-refractivity contribution in [2.24, 2.45) is 5.73 Å². The quantitative estimate of drug-likeness (QED) is 0.0510. The predicted molar refractivity (Wildman–Crippen MR) is 253 cm³/mol. The third kappa shape index (κ3) is 14.3. The van der Waals surface area contributed by atoms with Crippen molar-refractivity contribution in [1.29, 1.82) is 0 Å². The fourth-order valence-electron chi connectivity index (χ4n) is 7.37. The maximum atomic E-state index is 13.3. The summed E-state index contributed by atoms with van der Waals surface area (Å²) in [4.78, 5) is 64.3. The fraction of sp³-hybridized carbons (Fsp3) is 0.533. The van der Waals surface area contributed by atoms with E-state index in [-0.39, 0.29) is 30.2 Å². The summed E-state index contributed by atoms with van der Waals surface area (Å²) < 4.78 is 29.5. The number of nitrogen functional groups attached to an aromatic ring is 1. The number of halogens is 1. The molecule has 4 aromatic rings. The minimum Gasteiger partial charge on any atom is -0.382 e. The molecule has 2 aliphatic heterocycles. The van der Waals surface area contributed by atoms with Gasteiger partial charge in [-0.25, -0.2) is 14.6 Å². The molecule has 6 rings (SSSR count). The van der Waals surface area contributed by atoms with E-state index in [2.05, 4.69) is 37.5 Å². The summed E-state index contributed by atoms with van der Waals surface area (Å²) in [5, 5.41) is 11.7. The maximum absolute atomic E-state index is 13.3. The number of hydrogen-bond acceptors (Lipinski definition) is 17. The van der Waals surface area contributed by atoms with E-state index < -0.39 is 17.5 Å². The molecule has 0 saturated carbocycles. The number of nitrogens with two attached hydrogens (primary N) is 2. The summed E-state index contributed by atoms with van der Waals surface area (Å²) >= 11 is 8.24. The van der Waals surface area contributed by atoms with Gasteiger partial charge in [0.05, 0.1) is 94.6 Å². The number of nitrogens with one attached hydrogen (secondary N) is 2. The van der Waals surface area contributed by atoms with Crippen LogP contribution >= 0.6 is 23.4 Å². The zero-order valence-electron chi connectivity index (χ0n) is 37.6. The van der Waals surface area contributed by atoms with Crippen LogP contribution in [-0.2, 0) is 38.1 Å². The number of piperidine rings is 2. The van der Waals surface area contributed by atoms with Crippen LogP contribution in [0, 0.1) is 0 Å². The summed E-state index contributed by atoms with van der Waals surface area (Å²) in [5.41, 5.74) is 13.3. The molecule has 2 fully saturated rings. The Bertz CT molecular complexity index is 2310. The number of aromatic nitrogens is 4. The second-order valence-corrected chi connectivity index (χ2v) is 17.6. The number of nitrogens with zero attached hydrogens (tertiary/aromatic N) is 6. The molecule has 19 nitrogen and oxygen atoms in total. The van der Waals surface area contributed by atoms with Gasteiger partial charge in [-0.2, -0.15) is 5.10 Å². The molecule has 2 aromatic heterocycles. The zero-order valence-corrected chi connectivity index (χ0v) is 39.2. The third-order valence-corrected chi connectivity index (χ3v) is 12.6. The fourth-order valence-corrected chi connectivity index (χ4v) is 8.52. The second kappa shape index (κ2) is 25.3. The second-order valence-electron chi connectivity index (χ2n) is 16.2. The summed E-state index contributed by atoms with van der Waals surface area (Å²) in [6, 6.07) is 10.1. The normalized spacial score (nSPS) is 16.1. The van der Waals surface area contributed by atoms with Crippen LogP contribution in [0.3, 0.4) is 0 Å². The first-order valence-electron chi connectivity index (χ1n) is 22.4. The minimum atomic E-state index is -0.841. The predicted octanol–water partition coefficient (Wildman–Crippen LogP) is 4.20. The zero-order chi connectivity index (χ0) is 46.9. The molecule has 0 radical (unpaired) electrons. The number of carbonyl (C=O) groups is 3. The van der Waals surface area contributed by atoms with Gasteiger partial charge in [-0.15, -0.1) is 0 Å². The van der Waals surface area contributed by atoms with Gasteiger partial charge >= 0.3 is 0 Å². The smallest absolute Gasteiger partial charge is 0.277 e. The Morgan fingerprint density at radius 2 is 1.59 bits per heavy atom. The van der Waals surface area contributed by atoms with E-state index in [1.165, 1.54) is 11.8 Å². The van der Waals surface area contributed by atoms with Gasteiger partial charge in [0.1, 0.15) is 16.9 Å². The molecule has 358 valence electrons. The van der Waals surface area contributed by atoms with Gasteiger partial charge in [-0.3, -0.25) is 24.5 Å². The lowest BCUT2D eigenvalue weighted by atomic mass is 9.91. The van der Waals surface area contributed by atoms with Gasteiger partial charge in [0.25, 0.3) is 11.5 Å². The van der Waals surface area contributed by atoms with Crippen molar-refractivity contribution >= 4 is 74.9 Å².